The number of benzene rings is 1. The van der Waals surface area contributed by atoms with Gasteiger partial charge in [0.15, 0.2) is 0 Å². The summed E-state index contributed by atoms with van der Waals surface area (Å²) < 4.78 is 2.06. The van der Waals surface area contributed by atoms with Crippen molar-refractivity contribution in [3.63, 3.8) is 0 Å². The van der Waals surface area contributed by atoms with E-state index >= 15 is 0 Å². The number of aromatic nitrogens is 2. The van der Waals surface area contributed by atoms with Crippen molar-refractivity contribution in [2.75, 3.05) is 6.61 Å². The maximum absolute atomic E-state index is 9.76. The summed E-state index contributed by atoms with van der Waals surface area (Å²) in [6.07, 6.45) is 3.38. The van der Waals surface area contributed by atoms with Crippen LogP contribution in [0, 0.1) is 11.3 Å². The lowest BCUT2D eigenvalue weighted by molar-refractivity contribution is 0.119. The first kappa shape index (κ1) is 12.7. The van der Waals surface area contributed by atoms with Crippen molar-refractivity contribution in [3.8, 4) is 0 Å². The summed E-state index contributed by atoms with van der Waals surface area (Å²) in [6.45, 7) is 5.46. The van der Waals surface area contributed by atoms with Crippen LogP contribution in [-0.2, 0) is 13.0 Å². The van der Waals surface area contributed by atoms with E-state index in [9.17, 15) is 5.11 Å². The molecule has 1 N–H and O–H groups in total. The smallest absolute Gasteiger partial charge is 0.0709 e. The van der Waals surface area contributed by atoms with Crippen LogP contribution in [0.1, 0.15) is 32.4 Å². The van der Waals surface area contributed by atoms with Crippen LogP contribution in [0.4, 0.5) is 0 Å². The van der Waals surface area contributed by atoms with Gasteiger partial charge in [-0.05, 0) is 43.6 Å². The monoisotopic (exact) mass is 258 g/mol. The summed E-state index contributed by atoms with van der Waals surface area (Å²) in [6, 6.07) is 8.41. The fourth-order valence-electron chi connectivity index (χ4n) is 3.06. The summed E-state index contributed by atoms with van der Waals surface area (Å²) in [5.74, 6) is 0.669. The van der Waals surface area contributed by atoms with Crippen LogP contribution in [0.2, 0.25) is 0 Å². The molecule has 2 aromatic rings. The number of hydrogen-bond acceptors (Lipinski definition) is 2. The predicted octanol–water partition coefficient (Wildman–Crippen LogP) is 3.01. The zero-order chi connectivity index (χ0) is 13.5. The van der Waals surface area contributed by atoms with E-state index in [2.05, 4.69) is 42.8 Å². The van der Waals surface area contributed by atoms with Crippen molar-refractivity contribution in [2.45, 2.75) is 39.7 Å². The maximum atomic E-state index is 9.76. The van der Waals surface area contributed by atoms with E-state index in [1.54, 1.807) is 0 Å². The van der Waals surface area contributed by atoms with Crippen LogP contribution in [0.25, 0.3) is 10.9 Å². The fourth-order valence-corrected chi connectivity index (χ4v) is 3.06. The third kappa shape index (κ3) is 2.16. The third-order valence-corrected chi connectivity index (χ3v) is 4.53. The average molecular weight is 258 g/mol. The molecule has 0 radical (unpaired) electrons. The molecule has 1 aliphatic carbocycles. The molecule has 19 heavy (non-hydrogen) atoms. The molecule has 0 amide bonds. The molecule has 0 aliphatic heterocycles. The number of para-hydroxylation sites is 1. The number of fused-ring (bicyclic) bond motifs is 1. The molecule has 1 heterocycles. The average Bonchev–Trinajstić information content (AvgIpc) is 3.24. The molecule has 1 aliphatic rings. The molecule has 102 valence electrons. The summed E-state index contributed by atoms with van der Waals surface area (Å²) in [4.78, 5) is 0. The van der Waals surface area contributed by atoms with Gasteiger partial charge in [0, 0.05) is 18.5 Å². The number of hydrogen-bond donors (Lipinski definition) is 1. The quantitative estimate of drug-likeness (QED) is 0.895. The molecule has 0 saturated heterocycles. The van der Waals surface area contributed by atoms with Crippen LogP contribution < -0.4 is 0 Å². The van der Waals surface area contributed by atoms with E-state index in [4.69, 9.17) is 5.10 Å². The van der Waals surface area contributed by atoms with Gasteiger partial charge in [0.25, 0.3) is 0 Å². The summed E-state index contributed by atoms with van der Waals surface area (Å²) in [7, 11) is 0. The van der Waals surface area contributed by atoms with Crippen molar-refractivity contribution in [3.05, 3.63) is 30.0 Å². The topological polar surface area (TPSA) is 38.0 Å². The standard InChI is InChI=1S/C16H22N2O/c1-3-18-15-7-5-4-6-13(15)14(17-18)10-16(2,11-19)12-8-9-12/h4-7,12,19H,3,8-11H2,1-2H3. The Morgan fingerprint density at radius 3 is 2.74 bits per heavy atom. The molecule has 1 saturated carbocycles. The lowest BCUT2D eigenvalue weighted by Gasteiger charge is -2.26. The summed E-state index contributed by atoms with van der Waals surface area (Å²) in [5, 5.41) is 15.8. The highest BCUT2D eigenvalue weighted by molar-refractivity contribution is 5.82. The van der Waals surface area contributed by atoms with E-state index in [0.29, 0.717) is 5.92 Å². The fraction of sp³-hybridized carbons (Fsp3) is 0.562. The van der Waals surface area contributed by atoms with Gasteiger partial charge in [-0.15, -0.1) is 0 Å². The first-order valence-corrected chi connectivity index (χ1v) is 7.23. The molecule has 1 atom stereocenters. The van der Waals surface area contributed by atoms with Gasteiger partial charge in [-0.25, -0.2) is 0 Å². The number of aryl methyl sites for hydroxylation is 1. The van der Waals surface area contributed by atoms with E-state index in [1.807, 2.05) is 0 Å². The van der Waals surface area contributed by atoms with Gasteiger partial charge < -0.3 is 5.11 Å². The molecule has 0 spiro atoms. The zero-order valence-electron chi connectivity index (χ0n) is 11.8. The van der Waals surface area contributed by atoms with Gasteiger partial charge in [0.2, 0.25) is 0 Å². The maximum Gasteiger partial charge on any atom is 0.0709 e. The number of rotatable bonds is 5. The number of aliphatic hydroxyl groups is 1. The molecule has 0 bridgehead atoms. The molecule has 1 aromatic heterocycles. The third-order valence-electron chi connectivity index (χ3n) is 4.53. The van der Waals surface area contributed by atoms with E-state index in [0.717, 1.165) is 18.7 Å². The molecule has 1 fully saturated rings. The molecule has 1 unspecified atom stereocenters. The first-order valence-electron chi connectivity index (χ1n) is 7.23. The van der Waals surface area contributed by atoms with Crippen LogP contribution >= 0.6 is 0 Å². The van der Waals surface area contributed by atoms with Crippen molar-refractivity contribution < 1.29 is 5.11 Å². The van der Waals surface area contributed by atoms with E-state index in [-0.39, 0.29) is 12.0 Å². The zero-order valence-corrected chi connectivity index (χ0v) is 11.8. The second kappa shape index (κ2) is 4.64. The molecule has 1 aromatic carbocycles. The van der Waals surface area contributed by atoms with Gasteiger partial charge in [0.05, 0.1) is 11.2 Å². The van der Waals surface area contributed by atoms with E-state index < -0.39 is 0 Å². The predicted molar refractivity (Wildman–Crippen MR) is 77.0 cm³/mol. The Hall–Kier alpha value is -1.35. The van der Waals surface area contributed by atoms with Gasteiger partial charge in [-0.1, -0.05) is 25.1 Å². The lowest BCUT2D eigenvalue weighted by Crippen LogP contribution is -2.27. The SMILES string of the molecule is CCn1nc(CC(C)(CO)C2CC2)c2ccccc21. The second-order valence-electron chi connectivity index (χ2n) is 6.04. The normalized spacial score (nSPS) is 18.7. The Morgan fingerprint density at radius 1 is 1.37 bits per heavy atom. The molecular formula is C16H22N2O. The minimum absolute atomic E-state index is 0.00427. The Morgan fingerprint density at radius 2 is 2.11 bits per heavy atom. The second-order valence-corrected chi connectivity index (χ2v) is 6.04. The van der Waals surface area contributed by atoms with Crippen LogP contribution in [0.5, 0.6) is 0 Å². The lowest BCUT2D eigenvalue weighted by atomic mass is 9.81. The molecule has 3 nitrogen and oxygen atoms in total. The summed E-state index contributed by atoms with van der Waals surface area (Å²) in [5.41, 5.74) is 2.34. The van der Waals surface area contributed by atoms with Crippen molar-refractivity contribution in [1.29, 1.82) is 0 Å². The summed E-state index contributed by atoms with van der Waals surface area (Å²) >= 11 is 0. The highest BCUT2D eigenvalue weighted by Gasteiger charge is 2.41. The Kier molecular flexibility index (Phi) is 3.09. The van der Waals surface area contributed by atoms with Crippen LogP contribution in [0.3, 0.4) is 0 Å². The first-order chi connectivity index (χ1) is 9.18. The van der Waals surface area contributed by atoms with Crippen molar-refractivity contribution in [2.24, 2.45) is 11.3 Å². The van der Waals surface area contributed by atoms with E-state index in [1.165, 1.54) is 23.7 Å². The van der Waals surface area contributed by atoms with Crippen molar-refractivity contribution >= 4 is 10.9 Å². The minimum atomic E-state index is -0.00427. The van der Waals surface area contributed by atoms with Gasteiger partial charge in [-0.3, -0.25) is 4.68 Å². The van der Waals surface area contributed by atoms with Gasteiger partial charge in [-0.2, -0.15) is 5.10 Å². The van der Waals surface area contributed by atoms with Crippen LogP contribution in [-0.4, -0.2) is 21.5 Å². The number of nitrogens with zero attached hydrogens (tertiary/aromatic N) is 2. The molecule has 3 heteroatoms. The van der Waals surface area contributed by atoms with Crippen molar-refractivity contribution in [1.82, 2.24) is 9.78 Å². The minimum Gasteiger partial charge on any atom is -0.396 e. The van der Waals surface area contributed by atoms with Gasteiger partial charge >= 0.3 is 0 Å². The highest BCUT2D eigenvalue weighted by Crippen LogP contribution is 2.47. The molecule has 3 rings (SSSR count). The largest absolute Gasteiger partial charge is 0.396 e. The molecular weight excluding hydrogens is 236 g/mol. The van der Waals surface area contributed by atoms with Gasteiger partial charge in [0.1, 0.15) is 0 Å². The Balaban J connectivity index is 2.00. The Labute approximate surface area is 114 Å². The number of aliphatic hydroxyl groups excluding tert-OH is 1. The van der Waals surface area contributed by atoms with Crippen LogP contribution in [0.15, 0.2) is 24.3 Å². The highest BCUT2D eigenvalue weighted by atomic mass is 16.3. The Bertz CT molecular complexity index is 585.